The standard InChI is InChI=1S/C27H33ClN2O/c1-2-3-6-19-11-14-26(28)23(15-19)18-30(24-12-13-24)27(31)22(17-29)16-21-9-4-7-20-8-5-10-25(20)21/h4-5,7,9-11,14-15,22,24H,2-3,6,8,12-13,16-18,29H2,1H3. The molecule has 1 fully saturated rings. The van der Waals surface area contributed by atoms with Gasteiger partial charge in [-0.15, -0.1) is 0 Å². The summed E-state index contributed by atoms with van der Waals surface area (Å²) >= 11 is 6.54. The smallest absolute Gasteiger partial charge is 0.227 e. The third-order valence-electron chi connectivity index (χ3n) is 6.55. The van der Waals surface area contributed by atoms with Crippen LogP contribution < -0.4 is 5.73 Å². The van der Waals surface area contributed by atoms with Gasteiger partial charge in [-0.25, -0.2) is 0 Å². The predicted molar refractivity (Wildman–Crippen MR) is 129 cm³/mol. The fourth-order valence-electron chi connectivity index (χ4n) is 4.55. The molecule has 2 aliphatic carbocycles. The van der Waals surface area contributed by atoms with E-state index in [1.807, 2.05) is 11.0 Å². The number of hydrogen-bond donors (Lipinski definition) is 1. The highest BCUT2D eigenvalue weighted by atomic mass is 35.5. The number of allylic oxidation sites excluding steroid dienone is 1. The van der Waals surface area contributed by atoms with Gasteiger partial charge in [0.15, 0.2) is 0 Å². The number of unbranched alkanes of at least 4 members (excludes halogenated alkanes) is 1. The van der Waals surface area contributed by atoms with E-state index in [-0.39, 0.29) is 11.8 Å². The number of benzene rings is 2. The predicted octanol–water partition coefficient (Wildman–Crippen LogP) is 5.56. The van der Waals surface area contributed by atoms with Gasteiger partial charge in [-0.1, -0.05) is 67.4 Å². The lowest BCUT2D eigenvalue weighted by molar-refractivity contribution is -0.136. The molecule has 0 saturated heterocycles. The van der Waals surface area contributed by atoms with Gasteiger partial charge in [0.05, 0.1) is 5.92 Å². The average molecular weight is 437 g/mol. The molecule has 2 aliphatic rings. The number of aryl methyl sites for hydroxylation is 1. The van der Waals surface area contributed by atoms with Crippen molar-refractivity contribution in [2.75, 3.05) is 6.54 Å². The molecule has 1 unspecified atom stereocenters. The SMILES string of the molecule is CCCCc1ccc(Cl)c(CN(C(=O)C(CN)Cc2cccc3c2C=CC3)C2CC2)c1. The monoisotopic (exact) mass is 436 g/mol. The van der Waals surface area contributed by atoms with Crippen LogP contribution in [0.5, 0.6) is 0 Å². The number of rotatable bonds is 10. The van der Waals surface area contributed by atoms with Crippen LogP contribution in [0.2, 0.25) is 5.02 Å². The van der Waals surface area contributed by atoms with Crippen LogP contribution in [0.25, 0.3) is 6.08 Å². The van der Waals surface area contributed by atoms with Crippen molar-refractivity contribution in [2.24, 2.45) is 11.7 Å². The minimum Gasteiger partial charge on any atom is -0.335 e. The summed E-state index contributed by atoms with van der Waals surface area (Å²) in [4.78, 5) is 15.7. The Morgan fingerprint density at radius 3 is 2.81 bits per heavy atom. The summed E-state index contributed by atoms with van der Waals surface area (Å²) in [7, 11) is 0. The minimum atomic E-state index is -0.205. The molecule has 1 amide bonds. The molecule has 164 valence electrons. The highest BCUT2D eigenvalue weighted by molar-refractivity contribution is 6.31. The van der Waals surface area contributed by atoms with Crippen LogP contribution >= 0.6 is 11.6 Å². The van der Waals surface area contributed by atoms with Gasteiger partial charge in [-0.3, -0.25) is 4.79 Å². The van der Waals surface area contributed by atoms with Gasteiger partial charge in [-0.2, -0.15) is 0 Å². The Morgan fingerprint density at radius 1 is 1.23 bits per heavy atom. The van der Waals surface area contributed by atoms with Gasteiger partial charge in [0.25, 0.3) is 0 Å². The molecule has 0 spiro atoms. The minimum absolute atomic E-state index is 0.166. The van der Waals surface area contributed by atoms with Crippen molar-refractivity contribution < 1.29 is 4.79 Å². The first kappa shape index (κ1) is 22.1. The second kappa shape index (κ2) is 10.0. The van der Waals surface area contributed by atoms with Gasteiger partial charge in [0.2, 0.25) is 5.91 Å². The highest BCUT2D eigenvalue weighted by Crippen LogP contribution is 2.33. The molecule has 0 bridgehead atoms. The molecule has 2 aromatic carbocycles. The molecular weight excluding hydrogens is 404 g/mol. The van der Waals surface area contributed by atoms with Gasteiger partial charge >= 0.3 is 0 Å². The zero-order valence-electron chi connectivity index (χ0n) is 18.4. The summed E-state index contributed by atoms with van der Waals surface area (Å²) in [6, 6.07) is 13.0. The third kappa shape index (κ3) is 5.22. The lowest BCUT2D eigenvalue weighted by Crippen LogP contribution is -2.41. The van der Waals surface area contributed by atoms with Crippen LogP contribution in [-0.2, 0) is 30.6 Å². The van der Waals surface area contributed by atoms with E-state index in [0.717, 1.165) is 42.7 Å². The van der Waals surface area contributed by atoms with E-state index in [1.165, 1.54) is 28.7 Å². The maximum Gasteiger partial charge on any atom is 0.227 e. The molecule has 0 aromatic heterocycles. The zero-order valence-corrected chi connectivity index (χ0v) is 19.2. The molecule has 0 radical (unpaired) electrons. The van der Waals surface area contributed by atoms with Gasteiger partial charge in [0.1, 0.15) is 0 Å². The summed E-state index contributed by atoms with van der Waals surface area (Å²) in [6.45, 7) is 3.14. The van der Waals surface area contributed by atoms with Gasteiger partial charge in [-0.05, 0) is 72.4 Å². The first-order valence-electron chi connectivity index (χ1n) is 11.7. The first-order valence-corrected chi connectivity index (χ1v) is 12.0. The van der Waals surface area contributed by atoms with E-state index in [2.05, 4.69) is 49.4 Å². The van der Waals surface area contributed by atoms with Crippen molar-refractivity contribution in [2.45, 2.75) is 64.5 Å². The second-order valence-corrected chi connectivity index (χ2v) is 9.37. The zero-order chi connectivity index (χ0) is 21.8. The molecule has 1 saturated carbocycles. The van der Waals surface area contributed by atoms with E-state index < -0.39 is 0 Å². The number of nitrogens with two attached hydrogens (primary N) is 1. The van der Waals surface area contributed by atoms with Crippen molar-refractivity contribution in [1.29, 1.82) is 0 Å². The number of carbonyl (C=O) groups is 1. The number of hydrogen-bond acceptors (Lipinski definition) is 2. The molecule has 0 heterocycles. The molecular formula is C27H33ClN2O. The summed E-state index contributed by atoms with van der Waals surface area (Å²) < 4.78 is 0. The molecule has 4 rings (SSSR count). The third-order valence-corrected chi connectivity index (χ3v) is 6.92. The fraction of sp³-hybridized carbons (Fsp3) is 0.444. The lowest BCUT2D eigenvalue weighted by Gasteiger charge is -2.28. The normalized spacial score (nSPS) is 15.7. The highest BCUT2D eigenvalue weighted by Gasteiger charge is 2.36. The van der Waals surface area contributed by atoms with Crippen LogP contribution in [0.1, 0.15) is 60.4 Å². The Balaban J connectivity index is 1.52. The summed E-state index contributed by atoms with van der Waals surface area (Å²) in [6.07, 6.45) is 11.6. The molecule has 31 heavy (non-hydrogen) atoms. The summed E-state index contributed by atoms with van der Waals surface area (Å²) in [5.41, 5.74) is 12.3. The van der Waals surface area contributed by atoms with E-state index in [1.54, 1.807) is 0 Å². The van der Waals surface area contributed by atoms with Crippen molar-refractivity contribution in [1.82, 2.24) is 4.90 Å². The maximum atomic E-state index is 13.6. The molecule has 4 heteroatoms. The van der Waals surface area contributed by atoms with E-state index in [0.29, 0.717) is 25.6 Å². The number of carbonyl (C=O) groups excluding carboxylic acids is 1. The summed E-state index contributed by atoms with van der Waals surface area (Å²) in [5.74, 6) is -0.0391. The Bertz CT molecular complexity index is 964. The molecule has 3 nitrogen and oxygen atoms in total. The molecule has 1 atom stereocenters. The largest absolute Gasteiger partial charge is 0.335 e. The van der Waals surface area contributed by atoms with Gasteiger partial charge in [0, 0.05) is 24.2 Å². The lowest BCUT2D eigenvalue weighted by atomic mass is 9.92. The Kier molecular flexibility index (Phi) is 7.14. The van der Waals surface area contributed by atoms with Crippen molar-refractivity contribution in [3.8, 4) is 0 Å². The van der Waals surface area contributed by atoms with Crippen LogP contribution in [-0.4, -0.2) is 23.4 Å². The molecule has 2 N–H and O–H groups in total. The van der Waals surface area contributed by atoms with Crippen LogP contribution in [0.3, 0.4) is 0 Å². The second-order valence-electron chi connectivity index (χ2n) is 8.96. The Labute approximate surface area is 191 Å². The van der Waals surface area contributed by atoms with Crippen molar-refractivity contribution in [3.63, 3.8) is 0 Å². The van der Waals surface area contributed by atoms with Gasteiger partial charge < -0.3 is 10.6 Å². The number of halogens is 1. The van der Waals surface area contributed by atoms with E-state index >= 15 is 0 Å². The Morgan fingerprint density at radius 2 is 2.06 bits per heavy atom. The summed E-state index contributed by atoms with van der Waals surface area (Å²) in [5, 5.41) is 0.744. The number of fused-ring (bicyclic) bond motifs is 1. The van der Waals surface area contributed by atoms with Crippen molar-refractivity contribution in [3.05, 3.63) is 75.3 Å². The topological polar surface area (TPSA) is 46.3 Å². The van der Waals surface area contributed by atoms with Crippen LogP contribution in [0.4, 0.5) is 0 Å². The molecule has 2 aromatic rings. The Hall–Kier alpha value is -2.10. The average Bonchev–Trinajstić information content (AvgIpc) is 3.51. The van der Waals surface area contributed by atoms with Crippen LogP contribution in [0.15, 0.2) is 42.5 Å². The number of amides is 1. The van der Waals surface area contributed by atoms with Crippen molar-refractivity contribution >= 4 is 23.6 Å². The maximum absolute atomic E-state index is 13.6. The number of nitrogens with zero attached hydrogens (tertiary/aromatic N) is 1. The molecule has 0 aliphatic heterocycles. The van der Waals surface area contributed by atoms with E-state index in [9.17, 15) is 4.79 Å². The van der Waals surface area contributed by atoms with E-state index in [4.69, 9.17) is 17.3 Å². The van der Waals surface area contributed by atoms with Crippen LogP contribution in [0, 0.1) is 5.92 Å². The first-order chi connectivity index (χ1) is 15.1. The quantitative estimate of drug-likeness (QED) is 0.529. The fourth-order valence-corrected chi connectivity index (χ4v) is 4.73.